The predicted octanol–water partition coefficient (Wildman–Crippen LogP) is 4.44. The molecule has 0 aromatic heterocycles. The monoisotopic (exact) mass is 452 g/mol. The molecule has 0 radical (unpaired) electrons. The van der Waals surface area contributed by atoms with Crippen LogP contribution in [0.15, 0.2) is 78.9 Å². The van der Waals surface area contributed by atoms with Gasteiger partial charge in [-0.1, -0.05) is 78.9 Å². The molecule has 0 aliphatic heterocycles. The van der Waals surface area contributed by atoms with E-state index in [1.165, 1.54) is 17.4 Å². The first-order valence-electron chi connectivity index (χ1n) is 10.8. The molecule has 3 rings (SSSR count). The van der Waals surface area contributed by atoms with Crippen LogP contribution in [0.5, 0.6) is 0 Å². The zero-order chi connectivity index (χ0) is 23.0. The Balaban J connectivity index is 1.71. The highest BCUT2D eigenvalue weighted by atomic mass is 32.2. The van der Waals surface area contributed by atoms with E-state index < -0.39 is 16.1 Å². The van der Waals surface area contributed by atoms with E-state index in [1.807, 2.05) is 60.7 Å². The van der Waals surface area contributed by atoms with Crippen molar-refractivity contribution in [3.8, 4) is 0 Å². The van der Waals surface area contributed by atoms with E-state index in [4.69, 9.17) is 4.74 Å². The zero-order valence-corrected chi connectivity index (χ0v) is 19.7. The fraction of sp³-hybridized carbons (Fsp3) is 0.308. The molecule has 0 bridgehead atoms. The van der Waals surface area contributed by atoms with Gasteiger partial charge in [-0.05, 0) is 41.7 Å². The first-order valence-corrected chi connectivity index (χ1v) is 12.7. The Morgan fingerprint density at radius 1 is 0.812 bits per heavy atom. The fourth-order valence-electron chi connectivity index (χ4n) is 3.68. The largest absolute Gasteiger partial charge is 0.375 e. The van der Waals surface area contributed by atoms with Crippen molar-refractivity contribution in [2.75, 3.05) is 19.4 Å². The maximum atomic E-state index is 12.2. The Morgan fingerprint density at radius 2 is 1.41 bits per heavy atom. The van der Waals surface area contributed by atoms with Crippen LogP contribution in [-0.2, 0) is 21.4 Å². The van der Waals surface area contributed by atoms with Gasteiger partial charge >= 0.3 is 0 Å². The van der Waals surface area contributed by atoms with Crippen molar-refractivity contribution in [3.05, 3.63) is 107 Å². The van der Waals surface area contributed by atoms with Crippen LogP contribution in [-0.4, -0.2) is 27.8 Å². The Labute approximate surface area is 191 Å². The van der Waals surface area contributed by atoms with Crippen LogP contribution in [0, 0.1) is 13.8 Å². The third kappa shape index (κ3) is 7.28. The Morgan fingerprint density at radius 3 is 1.97 bits per heavy atom. The first-order chi connectivity index (χ1) is 15.3. The van der Waals surface area contributed by atoms with Crippen molar-refractivity contribution in [2.45, 2.75) is 32.5 Å². The van der Waals surface area contributed by atoms with Crippen LogP contribution >= 0.6 is 0 Å². The molecule has 170 valence electrons. The number of hydrogen-bond acceptors (Lipinski definition) is 4. The summed E-state index contributed by atoms with van der Waals surface area (Å²) in [5.41, 5.74) is 5.58. The van der Waals surface area contributed by atoms with Gasteiger partial charge < -0.3 is 10.1 Å². The van der Waals surface area contributed by atoms with Crippen molar-refractivity contribution >= 4 is 10.0 Å². The number of nitrogens with one attached hydrogen (secondary N) is 2. The van der Waals surface area contributed by atoms with Gasteiger partial charge in [0.25, 0.3) is 0 Å². The molecule has 0 fully saturated rings. The summed E-state index contributed by atoms with van der Waals surface area (Å²) in [6, 6.07) is 25.2. The van der Waals surface area contributed by atoms with E-state index in [-0.39, 0.29) is 6.04 Å². The Bertz CT molecular complexity index is 1090. The Hall–Kier alpha value is -2.51. The lowest BCUT2D eigenvalue weighted by Gasteiger charge is -2.29. The molecule has 5 nitrogen and oxygen atoms in total. The molecule has 0 aliphatic carbocycles. The van der Waals surface area contributed by atoms with E-state index in [2.05, 4.69) is 42.1 Å². The molecule has 3 aromatic carbocycles. The second-order valence-corrected chi connectivity index (χ2v) is 9.87. The van der Waals surface area contributed by atoms with Crippen LogP contribution in [0.4, 0.5) is 0 Å². The predicted molar refractivity (Wildman–Crippen MR) is 130 cm³/mol. The van der Waals surface area contributed by atoms with Gasteiger partial charge in [0.1, 0.15) is 0 Å². The molecule has 0 amide bonds. The minimum absolute atomic E-state index is 0.251. The average Bonchev–Trinajstić information content (AvgIpc) is 2.78. The van der Waals surface area contributed by atoms with Crippen molar-refractivity contribution in [2.24, 2.45) is 0 Å². The minimum Gasteiger partial charge on any atom is -0.375 e. The molecule has 2 unspecified atom stereocenters. The number of ether oxygens (including phenoxy) is 1. The standard InChI is InChI=1S/C26H32N2O3S/c1-20-14-15-22(18-21(20)2)19-31-17-16-27-25(23-10-6-4-7-11-23)26(28-32(3,29)30)24-12-8-5-9-13-24/h4-15,18,25-28H,16-17,19H2,1-3H3. The molecule has 0 saturated carbocycles. The van der Waals surface area contributed by atoms with Gasteiger partial charge in [-0.3, -0.25) is 0 Å². The van der Waals surface area contributed by atoms with Crippen molar-refractivity contribution in [3.63, 3.8) is 0 Å². The highest BCUT2D eigenvalue weighted by Gasteiger charge is 2.27. The lowest BCUT2D eigenvalue weighted by Crippen LogP contribution is -2.39. The van der Waals surface area contributed by atoms with Crippen molar-refractivity contribution < 1.29 is 13.2 Å². The third-order valence-corrected chi connectivity index (χ3v) is 6.12. The van der Waals surface area contributed by atoms with E-state index in [1.54, 1.807) is 0 Å². The molecule has 0 heterocycles. The van der Waals surface area contributed by atoms with Crippen LogP contribution in [0.25, 0.3) is 0 Å². The Kier molecular flexibility index (Phi) is 8.59. The SMILES string of the molecule is Cc1ccc(COCCNC(c2ccccc2)C(NS(C)(=O)=O)c2ccccc2)cc1C. The smallest absolute Gasteiger partial charge is 0.209 e. The first kappa shape index (κ1) is 24.1. The highest BCUT2D eigenvalue weighted by molar-refractivity contribution is 7.88. The van der Waals surface area contributed by atoms with E-state index in [0.717, 1.165) is 16.7 Å². The van der Waals surface area contributed by atoms with E-state index >= 15 is 0 Å². The van der Waals surface area contributed by atoms with Crippen LogP contribution in [0.1, 0.15) is 39.9 Å². The number of benzene rings is 3. The molecule has 3 aromatic rings. The fourth-order valence-corrected chi connectivity index (χ4v) is 4.41. The van der Waals surface area contributed by atoms with Crippen LogP contribution in [0.3, 0.4) is 0 Å². The van der Waals surface area contributed by atoms with Crippen molar-refractivity contribution in [1.82, 2.24) is 10.0 Å². The molecule has 2 atom stereocenters. The summed E-state index contributed by atoms with van der Waals surface area (Å²) in [7, 11) is -3.42. The van der Waals surface area contributed by atoms with E-state index in [9.17, 15) is 8.42 Å². The van der Waals surface area contributed by atoms with Gasteiger partial charge in [0, 0.05) is 6.54 Å². The summed E-state index contributed by atoms with van der Waals surface area (Å²) in [6.07, 6.45) is 1.19. The molecular formula is C26H32N2O3S. The summed E-state index contributed by atoms with van der Waals surface area (Å²) >= 11 is 0. The number of rotatable bonds is 11. The van der Waals surface area contributed by atoms with Gasteiger partial charge in [0.2, 0.25) is 10.0 Å². The molecule has 0 saturated heterocycles. The second kappa shape index (κ2) is 11.4. The quantitative estimate of drug-likeness (QED) is 0.422. The normalized spacial score (nSPS) is 13.6. The van der Waals surface area contributed by atoms with Crippen LogP contribution in [0.2, 0.25) is 0 Å². The molecular weight excluding hydrogens is 420 g/mol. The number of sulfonamides is 1. The third-order valence-electron chi connectivity index (χ3n) is 5.44. The van der Waals surface area contributed by atoms with Gasteiger partial charge in [-0.25, -0.2) is 13.1 Å². The number of hydrogen-bond donors (Lipinski definition) is 2. The minimum atomic E-state index is -3.42. The molecule has 2 N–H and O–H groups in total. The van der Waals surface area contributed by atoms with E-state index in [0.29, 0.717) is 19.8 Å². The maximum Gasteiger partial charge on any atom is 0.209 e. The summed E-state index contributed by atoms with van der Waals surface area (Å²) < 4.78 is 33.0. The topological polar surface area (TPSA) is 67.4 Å². The summed E-state index contributed by atoms with van der Waals surface area (Å²) in [6.45, 7) is 5.84. The second-order valence-electron chi connectivity index (χ2n) is 8.09. The average molecular weight is 453 g/mol. The van der Waals surface area contributed by atoms with Gasteiger partial charge in [-0.15, -0.1) is 0 Å². The summed E-state index contributed by atoms with van der Waals surface area (Å²) in [4.78, 5) is 0. The molecule has 0 aliphatic rings. The van der Waals surface area contributed by atoms with Crippen LogP contribution < -0.4 is 10.0 Å². The lowest BCUT2D eigenvalue weighted by molar-refractivity contribution is 0.119. The molecule has 6 heteroatoms. The molecule has 32 heavy (non-hydrogen) atoms. The van der Waals surface area contributed by atoms with Gasteiger partial charge in [-0.2, -0.15) is 0 Å². The van der Waals surface area contributed by atoms with Gasteiger partial charge in [0.05, 0.1) is 31.6 Å². The maximum absolute atomic E-state index is 12.2. The molecule has 0 spiro atoms. The highest BCUT2D eigenvalue weighted by Crippen LogP contribution is 2.29. The summed E-state index contributed by atoms with van der Waals surface area (Å²) in [5.74, 6) is 0. The van der Waals surface area contributed by atoms with Crippen molar-refractivity contribution in [1.29, 1.82) is 0 Å². The lowest BCUT2D eigenvalue weighted by atomic mass is 9.94. The number of aryl methyl sites for hydroxylation is 2. The van der Waals surface area contributed by atoms with Gasteiger partial charge in [0.15, 0.2) is 0 Å². The zero-order valence-electron chi connectivity index (χ0n) is 18.9. The summed E-state index contributed by atoms with van der Waals surface area (Å²) in [5, 5.41) is 3.51.